The Bertz CT molecular complexity index is 960. The summed E-state index contributed by atoms with van der Waals surface area (Å²) in [5.41, 5.74) is 1.92. The van der Waals surface area contributed by atoms with E-state index in [2.05, 4.69) is 34.5 Å². The minimum absolute atomic E-state index is 0.0154. The monoisotopic (exact) mass is 448 g/mol. The molecule has 4 rings (SSSR count). The number of amides is 1. The average Bonchev–Trinajstić information content (AvgIpc) is 2.87. The third kappa shape index (κ3) is 6.19. The fraction of sp³-hybridized carbons (Fsp3) is 0.481. The fourth-order valence-corrected chi connectivity index (χ4v) is 5.02. The van der Waals surface area contributed by atoms with Crippen molar-refractivity contribution in [3.63, 3.8) is 0 Å². The second-order valence-corrected chi connectivity index (χ2v) is 9.29. The second kappa shape index (κ2) is 11.4. The molecule has 0 unspecified atom stereocenters. The van der Waals surface area contributed by atoms with Gasteiger partial charge >= 0.3 is 0 Å². The van der Waals surface area contributed by atoms with Crippen molar-refractivity contribution in [2.45, 2.75) is 38.6 Å². The number of anilines is 1. The van der Waals surface area contributed by atoms with Crippen LogP contribution in [0.3, 0.4) is 0 Å². The number of halogens is 1. The summed E-state index contributed by atoms with van der Waals surface area (Å²) in [5.74, 6) is -0.0218. The molecule has 2 aromatic carbocycles. The highest BCUT2D eigenvalue weighted by atomic mass is 19.1. The fourth-order valence-electron chi connectivity index (χ4n) is 5.02. The van der Waals surface area contributed by atoms with Crippen LogP contribution in [-0.2, 0) is 11.3 Å². The lowest BCUT2D eigenvalue weighted by molar-refractivity contribution is -0.123. The van der Waals surface area contributed by atoms with E-state index in [4.69, 9.17) is 5.26 Å². The van der Waals surface area contributed by atoms with Gasteiger partial charge in [0.05, 0.1) is 17.3 Å². The van der Waals surface area contributed by atoms with Gasteiger partial charge in [-0.15, -0.1) is 0 Å². The van der Waals surface area contributed by atoms with Crippen molar-refractivity contribution >= 4 is 11.6 Å². The zero-order chi connectivity index (χ0) is 23.0. The smallest absolute Gasteiger partial charge is 0.230 e. The predicted octanol–water partition coefficient (Wildman–Crippen LogP) is 4.33. The quantitative estimate of drug-likeness (QED) is 0.685. The normalized spacial score (nSPS) is 18.1. The first-order chi connectivity index (χ1) is 16.1. The van der Waals surface area contributed by atoms with E-state index in [1.807, 2.05) is 12.1 Å². The summed E-state index contributed by atoms with van der Waals surface area (Å²) < 4.78 is 14.9. The molecule has 2 aliphatic heterocycles. The maximum atomic E-state index is 14.9. The molecule has 0 saturated carbocycles. The first-order valence-corrected chi connectivity index (χ1v) is 12.1. The third-order valence-corrected chi connectivity index (χ3v) is 7.04. The Morgan fingerprint density at radius 2 is 1.82 bits per heavy atom. The van der Waals surface area contributed by atoms with E-state index in [0.717, 1.165) is 64.8 Å². The zero-order valence-electron chi connectivity index (χ0n) is 19.2. The van der Waals surface area contributed by atoms with Crippen LogP contribution in [0.1, 0.15) is 43.2 Å². The molecule has 0 radical (unpaired) electrons. The average molecular weight is 449 g/mol. The molecule has 1 amide bonds. The molecule has 0 bridgehead atoms. The summed E-state index contributed by atoms with van der Waals surface area (Å²) in [6.45, 7) is 5.24. The Hall–Kier alpha value is -2.75. The van der Waals surface area contributed by atoms with Gasteiger partial charge in [0.1, 0.15) is 5.82 Å². The summed E-state index contributed by atoms with van der Waals surface area (Å²) in [6, 6.07) is 17.0. The Morgan fingerprint density at radius 3 is 2.48 bits per heavy atom. The van der Waals surface area contributed by atoms with E-state index < -0.39 is 5.82 Å². The van der Waals surface area contributed by atoms with E-state index in [1.165, 1.54) is 11.6 Å². The van der Waals surface area contributed by atoms with E-state index in [0.29, 0.717) is 18.2 Å². The molecule has 174 valence electrons. The maximum Gasteiger partial charge on any atom is 0.230 e. The Morgan fingerprint density at radius 1 is 1.09 bits per heavy atom. The highest BCUT2D eigenvalue weighted by molar-refractivity contribution is 5.95. The number of carbonyl (C=O) groups excluding carboxylic acids is 1. The van der Waals surface area contributed by atoms with Gasteiger partial charge in [-0.1, -0.05) is 30.3 Å². The van der Waals surface area contributed by atoms with Crippen LogP contribution in [0.4, 0.5) is 10.1 Å². The Labute approximate surface area is 196 Å². The van der Waals surface area contributed by atoms with Crippen LogP contribution < -0.4 is 10.2 Å². The first kappa shape index (κ1) is 23.4. The van der Waals surface area contributed by atoms with Gasteiger partial charge in [0.25, 0.3) is 0 Å². The first-order valence-electron chi connectivity index (χ1n) is 12.1. The summed E-state index contributed by atoms with van der Waals surface area (Å²) in [6.07, 6.45) is 4.63. The summed E-state index contributed by atoms with van der Waals surface area (Å²) in [4.78, 5) is 17.5. The van der Waals surface area contributed by atoms with Crippen LogP contribution in [0.25, 0.3) is 0 Å². The molecule has 1 N–H and O–H groups in total. The van der Waals surface area contributed by atoms with Gasteiger partial charge in [-0.25, -0.2) is 4.39 Å². The summed E-state index contributed by atoms with van der Waals surface area (Å²) >= 11 is 0. The number of likely N-dealkylation sites (tertiary alicyclic amines) is 1. The number of nitrogens with zero attached hydrogens (tertiary/aromatic N) is 3. The minimum Gasteiger partial charge on any atom is -0.317 e. The molecule has 2 fully saturated rings. The Kier molecular flexibility index (Phi) is 8.09. The lowest BCUT2D eigenvalue weighted by Crippen LogP contribution is -2.43. The molecule has 0 spiro atoms. The molecular weight excluding hydrogens is 415 g/mol. The van der Waals surface area contributed by atoms with Gasteiger partial charge in [0.2, 0.25) is 5.91 Å². The van der Waals surface area contributed by atoms with Crippen molar-refractivity contribution < 1.29 is 9.18 Å². The number of nitrogens with one attached hydrogen (secondary N) is 1. The van der Waals surface area contributed by atoms with Gasteiger partial charge < -0.3 is 10.2 Å². The molecule has 0 aliphatic carbocycles. The molecule has 0 atom stereocenters. The molecular formula is C27H33FN4O. The number of hydrogen-bond donors (Lipinski definition) is 1. The minimum atomic E-state index is -0.492. The van der Waals surface area contributed by atoms with Crippen molar-refractivity contribution in [3.8, 4) is 6.07 Å². The number of carbonyl (C=O) groups is 1. The standard InChI is InChI=1S/C27H33FN4O/c28-25-18-23(19-29)6-7-26(25)32(27(33)24-8-13-30-14-9-24)17-12-21-10-15-31(16-11-21)20-22-4-2-1-3-5-22/h1-7,18,21,24,30H,8-17,20H2. The number of rotatable bonds is 7. The molecule has 2 aliphatic rings. The largest absolute Gasteiger partial charge is 0.317 e. The second-order valence-electron chi connectivity index (χ2n) is 9.29. The lowest BCUT2D eigenvalue weighted by Gasteiger charge is -2.34. The molecule has 2 aromatic rings. The zero-order valence-corrected chi connectivity index (χ0v) is 19.2. The van der Waals surface area contributed by atoms with Crippen molar-refractivity contribution in [1.29, 1.82) is 5.26 Å². The highest BCUT2D eigenvalue weighted by Crippen LogP contribution is 2.28. The summed E-state index contributed by atoms with van der Waals surface area (Å²) in [5, 5.41) is 12.4. The summed E-state index contributed by atoms with van der Waals surface area (Å²) in [7, 11) is 0. The van der Waals surface area contributed by atoms with E-state index in [9.17, 15) is 9.18 Å². The molecule has 33 heavy (non-hydrogen) atoms. The van der Waals surface area contributed by atoms with Crippen molar-refractivity contribution in [2.24, 2.45) is 11.8 Å². The molecule has 0 aromatic heterocycles. The van der Waals surface area contributed by atoms with Gasteiger partial charge in [-0.3, -0.25) is 9.69 Å². The van der Waals surface area contributed by atoms with Crippen molar-refractivity contribution in [2.75, 3.05) is 37.6 Å². The van der Waals surface area contributed by atoms with Gasteiger partial charge in [0, 0.05) is 19.0 Å². The van der Waals surface area contributed by atoms with Crippen molar-refractivity contribution in [3.05, 3.63) is 65.5 Å². The molecule has 2 saturated heterocycles. The predicted molar refractivity (Wildman–Crippen MR) is 128 cm³/mol. The maximum absolute atomic E-state index is 14.9. The Balaban J connectivity index is 1.38. The van der Waals surface area contributed by atoms with Crippen LogP contribution in [0.5, 0.6) is 0 Å². The van der Waals surface area contributed by atoms with Crippen LogP contribution in [0.2, 0.25) is 0 Å². The molecule has 6 heteroatoms. The SMILES string of the molecule is N#Cc1ccc(N(CCC2CCN(Cc3ccccc3)CC2)C(=O)C2CCNCC2)c(F)c1. The molecule has 2 heterocycles. The highest BCUT2D eigenvalue weighted by Gasteiger charge is 2.29. The topological polar surface area (TPSA) is 59.4 Å². The van der Waals surface area contributed by atoms with Crippen LogP contribution in [0, 0.1) is 29.0 Å². The number of nitriles is 1. The molecule has 5 nitrogen and oxygen atoms in total. The van der Waals surface area contributed by atoms with Gasteiger partial charge in [-0.05, 0) is 88.0 Å². The van der Waals surface area contributed by atoms with E-state index in [-0.39, 0.29) is 17.4 Å². The third-order valence-electron chi connectivity index (χ3n) is 7.04. The van der Waals surface area contributed by atoms with Crippen LogP contribution in [-0.4, -0.2) is 43.5 Å². The van der Waals surface area contributed by atoms with E-state index in [1.54, 1.807) is 17.0 Å². The number of piperidine rings is 2. The van der Waals surface area contributed by atoms with Gasteiger partial charge in [-0.2, -0.15) is 5.26 Å². The van der Waals surface area contributed by atoms with Gasteiger partial charge in [0.15, 0.2) is 0 Å². The lowest BCUT2D eigenvalue weighted by atomic mass is 9.92. The van der Waals surface area contributed by atoms with Crippen LogP contribution >= 0.6 is 0 Å². The van der Waals surface area contributed by atoms with E-state index >= 15 is 0 Å². The van der Waals surface area contributed by atoms with Crippen molar-refractivity contribution in [1.82, 2.24) is 10.2 Å². The number of benzene rings is 2. The van der Waals surface area contributed by atoms with Crippen LogP contribution in [0.15, 0.2) is 48.5 Å². The number of hydrogen-bond acceptors (Lipinski definition) is 4.